The average molecular weight is 249 g/mol. The maximum absolute atomic E-state index is 10.8. The van der Waals surface area contributed by atoms with Crippen LogP contribution in [-0.2, 0) is 0 Å². The number of nitrogens with zero attached hydrogens (tertiary/aromatic N) is 2. The van der Waals surface area contributed by atoms with Gasteiger partial charge in [-0.3, -0.25) is 15.0 Å². The molecule has 1 heterocycles. The van der Waals surface area contributed by atoms with Crippen LogP contribution in [0.5, 0.6) is 0 Å². The predicted molar refractivity (Wildman–Crippen MR) is 70.2 cm³/mol. The summed E-state index contributed by atoms with van der Waals surface area (Å²) >= 11 is 0. The molecule has 98 valence electrons. The lowest BCUT2D eigenvalue weighted by atomic mass is 9.85. The summed E-state index contributed by atoms with van der Waals surface area (Å²) in [5, 5.41) is 10.8. The predicted octanol–water partition coefficient (Wildman–Crippen LogP) is 1.94. The number of piperidine rings is 1. The number of likely N-dealkylation sites (tertiary alicyclic amines) is 1. The third-order valence-electron chi connectivity index (χ3n) is 3.73. The minimum atomic E-state index is -0.343. The zero-order valence-corrected chi connectivity index (χ0v) is 10.6. The van der Waals surface area contributed by atoms with Gasteiger partial charge in [0.1, 0.15) is 0 Å². The van der Waals surface area contributed by atoms with E-state index in [9.17, 15) is 10.1 Å². The maximum atomic E-state index is 10.8. The van der Waals surface area contributed by atoms with Gasteiger partial charge >= 0.3 is 0 Å². The van der Waals surface area contributed by atoms with Gasteiger partial charge in [-0.1, -0.05) is 12.1 Å². The Balaban J connectivity index is 2.32. The van der Waals surface area contributed by atoms with Crippen molar-refractivity contribution in [1.29, 1.82) is 0 Å². The van der Waals surface area contributed by atoms with E-state index in [1.54, 1.807) is 12.1 Å². The van der Waals surface area contributed by atoms with Crippen LogP contribution in [0.4, 0.5) is 5.69 Å². The summed E-state index contributed by atoms with van der Waals surface area (Å²) in [7, 11) is 2.06. The standard InChI is InChI=1S/C13H19N3O2/c1-15-7-3-5-11(9-14)13(15)10-4-2-6-12(8-10)16(17)18/h2,4,6,8,11,13H,3,5,7,9,14H2,1H3. The third kappa shape index (κ3) is 2.52. The first-order valence-corrected chi connectivity index (χ1v) is 6.28. The van der Waals surface area contributed by atoms with Crippen molar-refractivity contribution >= 4 is 5.69 Å². The highest BCUT2D eigenvalue weighted by atomic mass is 16.6. The fourth-order valence-corrected chi connectivity index (χ4v) is 2.86. The second-order valence-corrected chi connectivity index (χ2v) is 4.92. The minimum Gasteiger partial charge on any atom is -0.330 e. The topological polar surface area (TPSA) is 72.4 Å². The first-order chi connectivity index (χ1) is 8.63. The Hall–Kier alpha value is -1.46. The molecule has 0 bridgehead atoms. The molecule has 1 aromatic carbocycles. The summed E-state index contributed by atoms with van der Waals surface area (Å²) in [6, 6.07) is 7.12. The van der Waals surface area contributed by atoms with Crippen LogP contribution in [-0.4, -0.2) is 30.0 Å². The lowest BCUT2D eigenvalue weighted by Gasteiger charge is -2.39. The van der Waals surface area contributed by atoms with Gasteiger partial charge in [0.15, 0.2) is 0 Å². The van der Waals surface area contributed by atoms with Crippen LogP contribution in [0.25, 0.3) is 0 Å². The highest BCUT2D eigenvalue weighted by molar-refractivity contribution is 5.36. The van der Waals surface area contributed by atoms with Crippen LogP contribution in [0.1, 0.15) is 24.4 Å². The molecular formula is C13H19N3O2. The Labute approximate surface area is 107 Å². The molecule has 2 rings (SSSR count). The Morgan fingerprint density at radius 3 is 3.00 bits per heavy atom. The average Bonchev–Trinajstić information content (AvgIpc) is 2.38. The van der Waals surface area contributed by atoms with Gasteiger partial charge in [-0.05, 0) is 44.5 Å². The Bertz CT molecular complexity index is 436. The van der Waals surface area contributed by atoms with Gasteiger partial charge in [0.25, 0.3) is 5.69 Å². The molecule has 1 aliphatic heterocycles. The van der Waals surface area contributed by atoms with Crippen LogP contribution in [0, 0.1) is 16.0 Å². The number of nitro groups is 1. The van der Waals surface area contributed by atoms with Gasteiger partial charge in [0.2, 0.25) is 0 Å². The summed E-state index contributed by atoms with van der Waals surface area (Å²) in [4.78, 5) is 12.7. The lowest BCUT2D eigenvalue weighted by Crippen LogP contribution is -2.39. The third-order valence-corrected chi connectivity index (χ3v) is 3.73. The molecule has 2 unspecified atom stereocenters. The molecule has 0 aliphatic carbocycles. The largest absolute Gasteiger partial charge is 0.330 e. The number of non-ortho nitro benzene ring substituents is 1. The molecule has 0 aromatic heterocycles. The lowest BCUT2D eigenvalue weighted by molar-refractivity contribution is -0.385. The molecule has 2 atom stereocenters. The fraction of sp³-hybridized carbons (Fsp3) is 0.538. The van der Waals surface area contributed by atoms with E-state index < -0.39 is 0 Å². The molecule has 0 amide bonds. The van der Waals surface area contributed by atoms with Crippen LogP contribution < -0.4 is 5.73 Å². The summed E-state index contributed by atoms with van der Waals surface area (Å²) in [5.74, 6) is 0.380. The van der Waals surface area contributed by atoms with E-state index in [-0.39, 0.29) is 16.7 Å². The minimum absolute atomic E-state index is 0.155. The zero-order valence-electron chi connectivity index (χ0n) is 10.6. The first kappa shape index (κ1) is 13.0. The van der Waals surface area contributed by atoms with Crippen molar-refractivity contribution in [2.24, 2.45) is 11.7 Å². The summed E-state index contributed by atoms with van der Waals surface area (Å²) in [6.45, 7) is 1.64. The van der Waals surface area contributed by atoms with Crippen LogP contribution in [0.15, 0.2) is 24.3 Å². The molecule has 5 heteroatoms. The van der Waals surface area contributed by atoms with Crippen LogP contribution in [0.2, 0.25) is 0 Å². The molecular weight excluding hydrogens is 230 g/mol. The highest BCUT2D eigenvalue weighted by Gasteiger charge is 2.30. The quantitative estimate of drug-likeness (QED) is 0.656. The fourth-order valence-electron chi connectivity index (χ4n) is 2.86. The van der Waals surface area contributed by atoms with E-state index in [4.69, 9.17) is 5.73 Å². The molecule has 1 saturated heterocycles. The normalized spacial score (nSPS) is 25.0. The SMILES string of the molecule is CN1CCCC(CN)C1c1cccc([N+](=O)[O-])c1. The van der Waals surface area contributed by atoms with Gasteiger partial charge in [0.05, 0.1) is 4.92 Å². The van der Waals surface area contributed by atoms with Gasteiger partial charge < -0.3 is 5.73 Å². The Morgan fingerprint density at radius 2 is 2.33 bits per heavy atom. The second kappa shape index (κ2) is 5.46. The molecule has 1 aliphatic rings. The molecule has 1 fully saturated rings. The molecule has 0 spiro atoms. The number of nitro benzene ring substituents is 1. The highest BCUT2D eigenvalue weighted by Crippen LogP contribution is 2.35. The van der Waals surface area contributed by atoms with E-state index in [0.29, 0.717) is 12.5 Å². The molecule has 0 radical (unpaired) electrons. The van der Waals surface area contributed by atoms with Crippen LogP contribution in [0.3, 0.4) is 0 Å². The van der Waals surface area contributed by atoms with Crippen molar-refractivity contribution in [3.05, 3.63) is 39.9 Å². The smallest absolute Gasteiger partial charge is 0.269 e. The van der Waals surface area contributed by atoms with E-state index >= 15 is 0 Å². The van der Waals surface area contributed by atoms with Gasteiger partial charge in [-0.25, -0.2) is 0 Å². The molecule has 1 aromatic rings. The monoisotopic (exact) mass is 249 g/mol. The van der Waals surface area contributed by atoms with E-state index in [1.807, 2.05) is 6.07 Å². The Morgan fingerprint density at radius 1 is 1.56 bits per heavy atom. The second-order valence-electron chi connectivity index (χ2n) is 4.92. The number of benzene rings is 1. The molecule has 18 heavy (non-hydrogen) atoms. The zero-order chi connectivity index (χ0) is 13.1. The van der Waals surface area contributed by atoms with Gasteiger partial charge in [-0.15, -0.1) is 0 Å². The van der Waals surface area contributed by atoms with E-state index in [2.05, 4.69) is 11.9 Å². The van der Waals surface area contributed by atoms with Crippen molar-refractivity contribution in [2.45, 2.75) is 18.9 Å². The summed E-state index contributed by atoms with van der Waals surface area (Å²) in [6.07, 6.45) is 2.23. The van der Waals surface area contributed by atoms with Gasteiger partial charge in [0, 0.05) is 18.2 Å². The number of nitrogens with two attached hydrogens (primary N) is 1. The number of hydrogen-bond acceptors (Lipinski definition) is 4. The maximum Gasteiger partial charge on any atom is 0.269 e. The summed E-state index contributed by atoms with van der Waals surface area (Å²) < 4.78 is 0. The van der Waals surface area contributed by atoms with Crippen LogP contribution >= 0.6 is 0 Å². The van der Waals surface area contributed by atoms with E-state index in [1.165, 1.54) is 6.07 Å². The van der Waals surface area contributed by atoms with Crippen molar-refractivity contribution in [3.8, 4) is 0 Å². The van der Waals surface area contributed by atoms with Crippen molar-refractivity contribution < 1.29 is 4.92 Å². The molecule has 0 saturated carbocycles. The number of rotatable bonds is 3. The van der Waals surface area contributed by atoms with Crippen molar-refractivity contribution in [1.82, 2.24) is 4.90 Å². The summed E-state index contributed by atoms with van der Waals surface area (Å²) in [5.41, 5.74) is 6.99. The Kier molecular flexibility index (Phi) is 3.93. The molecule has 2 N–H and O–H groups in total. The van der Waals surface area contributed by atoms with Gasteiger partial charge in [-0.2, -0.15) is 0 Å². The van der Waals surface area contributed by atoms with Crippen molar-refractivity contribution in [3.63, 3.8) is 0 Å². The van der Waals surface area contributed by atoms with Crippen molar-refractivity contribution in [2.75, 3.05) is 20.1 Å². The van der Waals surface area contributed by atoms with E-state index in [0.717, 1.165) is 24.9 Å². The molecule has 5 nitrogen and oxygen atoms in total. The number of hydrogen-bond donors (Lipinski definition) is 1. The first-order valence-electron chi connectivity index (χ1n) is 6.28.